The van der Waals surface area contributed by atoms with Gasteiger partial charge in [-0.2, -0.15) is 0 Å². The SMILES string of the molecule is N=N/C=N\N=N/N. The molecule has 38 valence electrons. The smallest absolute Gasteiger partial charge is 0.161 e. The predicted molar refractivity (Wildman–Crippen MR) is 22.7 cm³/mol. The van der Waals surface area contributed by atoms with Crippen LogP contribution in [0.3, 0.4) is 0 Å². The van der Waals surface area contributed by atoms with Crippen molar-refractivity contribution in [1.29, 1.82) is 5.53 Å². The molecule has 0 aromatic heterocycles. The van der Waals surface area contributed by atoms with Crippen molar-refractivity contribution in [3.05, 3.63) is 0 Å². The molecular weight excluding hydrogens is 96.1 g/mol. The quantitative estimate of drug-likeness (QED) is 0.168. The molecule has 0 radical (unpaired) electrons. The first-order valence-electron chi connectivity index (χ1n) is 1.40. The van der Waals surface area contributed by atoms with E-state index < -0.39 is 0 Å². The number of hydrogen-bond donors (Lipinski definition) is 2. The Morgan fingerprint density at radius 3 is 2.71 bits per heavy atom. The van der Waals surface area contributed by atoms with Gasteiger partial charge in [-0.3, -0.25) is 0 Å². The fourth-order valence-corrected chi connectivity index (χ4v) is 0.0787. The third-order valence-electron chi connectivity index (χ3n) is 0.213. The van der Waals surface area contributed by atoms with Gasteiger partial charge in [0.05, 0.1) is 0 Å². The zero-order valence-corrected chi connectivity index (χ0v) is 3.44. The molecule has 0 aliphatic heterocycles. The summed E-state index contributed by atoms with van der Waals surface area (Å²) in [6.45, 7) is 0. The Labute approximate surface area is 39.6 Å². The van der Waals surface area contributed by atoms with E-state index in [1.54, 1.807) is 0 Å². The van der Waals surface area contributed by atoms with Crippen molar-refractivity contribution in [2.75, 3.05) is 0 Å². The molecule has 0 aliphatic carbocycles. The fraction of sp³-hybridized carbons (Fsp3) is 0. The Hall–Kier alpha value is -1.33. The normalized spacial score (nSPS) is 10.9. The predicted octanol–water partition coefficient (Wildman–Crippen LogP) is 0.287. The van der Waals surface area contributed by atoms with Gasteiger partial charge >= 0.3 is 0 Å². The second-order valence-corrected chi connectivity index (χ2v) is 0.565. The summed E-state index contributed by atoms with van der Waals surface area (Å²) in [7, 11) is 0. The van der Waals surface area contributed by atoms with E-state index in [4.69, 9.17) is 5.53 Å². The fourth-order valence-electron chi connectivity index (χ4n) is 0.0787. The van der Waals surface area contributed by atoms with Crippen LogP contribution in [0.15, 0.2) is 20.7 Å². The van der Waals surface area contributed by atoms with Gasteiger partial charge in [0.25, 0.3) is 0 Å². The maximum Gasteiger partial charge on any atom is 0.161 e. The summed E-state index contributed by atoms with van der Waals surface area (Å²) in [5, 5.41) is 11.5. The largest absolute Gasteiger partial charge is 0.303 e. The van der Waals surface area contributed by atoms with E-state index in [1.165, 1.54) is 0 Å². The molecule has 0 rings (SSSR count). The minimum atomic E-state index is 0.913. The van der Waals surface area contributed by atoms with E-state index in [0.29, 0.717) is 0 Å². The molecule has 0 saturated carbocycles. The summed E-state index contributed by atoms with van der Waals surface area (Å²) in [4.78, 5) is 0. The number of nitrogens with one attached hydrogen (secondary N) is 1. The minimum absolute atomic E-state index is 0.913. The summed E-state index contributed by atoms with van der Waals surface area (Å²) >= 11 is 0. The standard InChI is InChI=1S/CH4N6/c2-4-1-5-7-6-3/h1-2H,(H2,3,7)/b4-2?,5-1-. The maximum atomic E-state index is 6.11. The minimum Gasteiger partial charge on any atom is -0.303 e. The average Bonchev–Trinajstić information content (AvgIpc) is 1.69. The number of nitrogens with zero attached hydrogens (tertiary/aromatic N) is 4. The van der Waals surface area contributed by atoms with Gasteiger partial charge in [-0.05, 0) is 5.22 Å². The number of rotatable bonds is 2. The van der Waals surface area contributed by atoms with E-state index in [1.807, 2.05) is 0 Å². The molecule has 0 saturated heterocycles. The van der Waals surface area contributed by atoms with Crippen molar-refractivity contribution < 1.29 is 0 Å². The van der Waals surface area contributed by atoms with Crippen molar-refractivity contribution in [3.63, 3.8) is 0 Å². The molecule has 7 heavy (non-hydrogen) atoms. The van der Waals surface area contributed by atoms with Crippen molar-refractivity contribution >= 4 is 6.34 Å². The van der Waals surface area contributed by atoms with Crippen LogP contribution in [0.4, 0.5) is 0 Å². The van der Waals surface area contributed by atoms with Gasteiger partial charge in [0.15, 0.2) is 6.34 Å². The molecule has 0 aromatic rings. The lowest BCUT2D eigenvalue weighted by atomic mass is 11.4. The highest BCUT2D eigenvalue weighted by molar-refractivity contribution is 5.53. The molecule has 0 aliphatic rings. The van der Waals surface area contributed by atoms with Crippen LogP contribution in [0.2, 0.25) is 0 Å². The van der Waals surface area contributed by atoms with E-state index >= 15 is 0 Å². The van der Waals surface area contributed by atoms with E-state index in [0.717, 1.165) is 6.34 Å². The molecule has 0 fully saturated rings. The highest BCUT2D eigenvalue weighted by Gasteiger charge is 1.55. The Morgan fingerprint density at radius 1 is 1.57 bits per heavy atom. The highest BCUT2D eigenvalue weighted by Crippen LogP contribution is 1.65. The second kappa shape index (κ2) is 4.67. The Bertz CT molecular complexity index is 90.4. The zero-order chi connectivity index (χ0) is 5.54. The first kappa shape index (κ1) is 5.67. The molecule has 0 spiro atoms. The molecule has 0 amide bonds. The van der Waals surface area contributed by atoms with E-state index in [9.17, 15) is 0 Å². The lowest BCUT2D eigenvalue weighted by Gasteiger charge is -1.64. The topological polar surface area (TPSA) is 99.3 Å². The lowest BCUT2D eigenvalue weighted by molar-refractivity contribution is 0.955. The zero-order valence-electron chi connectivity index (χ0n) is 3.44. The van der Waals surface area contributed by atoms with Crippen LogP contribution in [-0.4, -0.2) is 6.34 Å². The molecule has 0 aromatic carbocycles. The van der Waals surface area contributed by atoms with Crippen LogP contribution in [0, 0.1) is 5.53 Å². The van der Waals surface area contributed by atoms with Crippen LogP contribution >= 0.6 is 0 Å². The van der Waals surface area contributed by atoms with Gasteiger partial charge in [0.2, 0.25) is 0 Å². The summed E-state index contributed by atoms with van der Waals surface area (Å²) in [6.07, 6.45) is 0.913. The number of nitrogens with two attached hydrogens (primary N) is 1. The van der Waals surface area contributed by atoms with Gasteiger partial charge in [-0.25, -0.2) is 5.53 Å². The Balaban J connectivity index is 3.27. The lowest BCUT2D eigenvalue weighted by Crippen LogP contribution is -1.71. The molecule has 0 atom stereocenters. The van der Waals surface area contributed by atoms with Crippen molar-refractivity contribution in [2.45, 2.75) is 0 Å². The molecule has 6 heteroatoms. The molecular formula is CH4N6. The summed E-state index contributed by atoms with van der Waals surface area (Å²) < 4.78 is 0. The Kier molecular flexibility index (Phi) is 3.78. The second-order valence-electron chi connectivity index (χ2n) is 0.565. The van der Waals surface area contributed by atoms with Gasteiger partial charge < -0.3 is 5.84 Å². The molecule has 6 nitrogen and oxygen atoms in total. The van der Waals surface area contributed by atoms with Crippen molar-refractivity contribution in [1.82, 2.24) is 0 Å². The van der Waals surface area contributed by atoms with Gasteiger partial charge in [0.1, 0.15) is 0 Å². The molecule has 0 heterocycles. The third-order valence-corrected chi connectivity index (χ3v) is 0.213. The first-order valence-corrected chi connectivity index (χ1v) is 1.40. The van der Waals surface area contributed by atoms with Gasteiger partial charge in [-0.15, -0.1) is 10.2 Å². The van der Waals surface area contributed by atoms with Crippen LogP contribution in [0.5, 0.6) is 0 Å². The monoisotopic (exact) mass is 100 g/mol. The third kappa shape index (κ3) is 4.67. The average molecular weight is 100 g/mol. The van der Waals surface area contributed by atoms with Crippen LogP contribution in [-0.2, 0) is 0 Å². The molecule has 0 bridgehead atoms. The van der Waals surface area contributed by atoms with E-state index in [-0.39, 0.29) is 0 Å². The molecule has 0 unspecified atom stereocenters. The number of hydrogen-bond acceptors (Lipinski definition) is 3. The summed E-state index contributed by atoms with van der Waals surface area (Å²) in [5.41, 5.74) is 6.11. The summed E-state index contributed by atoms with van der Waals surface area (Å²) in [5.74, 6) is 4.51. The maximum absolute atomic E-state index is 6.11. The van der Waals surface area contributed by atoms with E-state index in [2.05, 4.69) is 26.5 Å². The highest BCUT2D eigenvalue weighted by atomic mass is 15.5. The van der Waals surface area contributed by atoms with Crippen LogP contribution in [0.1, 0.15) is 0 Å². The van der Waals surface area contributed by atoms with Crippen molar-refractivity contribution in [2.24, 2.45) is 26.5 Å². The Morgan fingerprint density at radius 2 is 2.29 bits per heavy atom. The van der Waals surface area contributed by atoms with Crippen LogP contribution < -0.4 is 5.84 Å². The molecule has 3 N–H and O–H groups in total. The van der Waals surface area contributed by atoms with Crippen molar-refractivity contribution in [3.8, 4) is 0 Å². The van der Waals surface area contributed by atoms with Gasteiger partial charge in [0, 0.05) is 0 Å². The van der Waals surface area contributed by atoms with Gasteiger partial charge in [-0.1, -0.05) is 5.22 Å². The summed E-state index contributed by atoms with van der Waals surface area (Å²) in [6, 6.07) is 0. The first-order chi connectivity index (χ1) is 3.41. The van der Waals surface area contributed by atoms with Crippen LogP contribution in [0.25, 0.3) is 0 Å².